The van der Waals surface area contributed by atoms with Crippen LogP contribution in [0.3, 0.4) is 0 Å². The van der Waals surface area contributed by atoms with E-state index in [4.69, 9.17) is 11.6 Å². The van der Waals surface area contributed by atoms with Crippen LogP contribution in [0.2, 0.25) is 0 Å². The topological polar surface area (TPSA) is 118 Å². The molecule has 0 amide bonds. The Morgan fingerprint density at radius 3 is 2.22 bits per heavy atom. The summed E-state index contributed by atoms with van der Waals surface area (Å²) in [5, 5.41) is 0.744. The number of rotatable bonds is 13. The molecule has 0 aromatic heterocycles. The van der Waals surface area contributed by atoms with Gasteiger partial charge < -0.3 is 9.45 Å². The Kier molecular flexibility index (Phi) is 13.3. The van der Waals surface area contributed by atoms with Gasteiger partial charge in [-0.05, 0) is 81.2 Å². The number of allylic oxidation sites excluding steroid dienone is 8. The Bertz CT molecular complexity index is 1980. The molecular weight excluding hydrogens is 703 g/mol. The second kappa shape index (κ2) is 16.3. The molecule has 1 aliphatic carbocycles. The Morgan fingerprint density at radius 2 is 1.52 bits per heavy atom. The van der Waals surface area contributed by atoms with E-state index in [2.05, 4.69) is 85.7 Å². The van der Waals surface area contributed by atoms with E-state index in [1.165, 1.54) is 11.1 Å². The number of unbranched alkanes of at least 4 members (excludes halogenated alkanes) is 2. The van der Waals surface area contributed by atoms with Crippen molar-refractivity contribution in [1.82, 2.24) is 0 Å². The molecule has 264 valence electrons. The van der Waals surface area contributed by atoms with Crippen LogP contribution >= 0.6 is 11.6 Å². The fraction of sp³-hybridized carbons (Fsp3) is 0.447. The number of benzene rings is 2. The molecule has 0 saturated heterocycles. The summed E-state index contributed by atoms with van der Waals surface area (Å²) in [5.74, 6) is -0.614. The molecule has 0 unspecified atom stereocenters. The van der Waals surface area contributed by atoms with Crippen molar-refractivity contribution in [1.29, 1.82) is 0 Å². The number of anilines is 1. The van der Waals surface area contributed by atoms with Gasteiger partial charge in [0.05, 0.1) is 21.3 Å². The molecule has 0 atom stereocenters. The van der Waals surface area contributed by atoms with Crippen LogP contribution in [-0.2, 0) is 31.1 Å². The standard InChI is InChI=1S/C38H47ClN2O6S2.Na/c1-37(2)30-16-5-7-18-32(30)40(24-9-11-26-48(42,43)44)34(37)22-20-28-14-13-15-29(36(28)39)21-23-35-38(3,4)31-17-6-8-19-33(31)41(35)25-10-12-27-49(45,46)47;/h5-8,16-23H,9-15,24-27H2,1-4H3,(H-,42,43,44,45,46,47);/q;+1. The van der Waals surface area contributed by atoms with Gasteiger partial charge in [0.2, 0.25) is 5.69 Å². The molecule has 12 heteroatoms. The largest absolute Gasteiger partial charge is 1.00 e. The number of hydrogen-bond acceptors (Lipinski definition) is 6. The molecule has 5 rings (SSSR count). The summed E-state index contributed by atoms with van der Waals surface area (Å²) >= 11 is 7.13. The third-order valence-corrected chi connectivity index (χ3v) is 12.1. The van der Waals surface area contributed by atoms with Gasteiger partial charge in [-0.1, -0.05) is 74.0 Å². The first kappa shape index (κ1) is 40.7. The van der Waals surface area contributed by atoms with Crippen LogP contribution in [0.25, 0.3) is 0 Å². The molecule has 0 radical (unpaired) electrons. The van der Waals surface area contributed by atoms with Gasteiger partial charge >= 0.3 is 29.6 Å². The van der Waals surface area contributed by atoms with Crippen molar-refractivity contribution in [3.8, 4) is 0 Å². The molecule has 1 N–H and O–H groups in total. The number of fused-ring (bicyclic) bond motifs is 2. The van der Waals surface area contributed by atoms with Crippen molar-refractivity contribution in [3.05, 3.63) is 106 Å². The molecule has 2 aromatic rings. The minimum Gasteiger partial charge on any atom is -0.748 e. The summed E-state index contributed by atoms with van der Waals surface area (Å²) in [5.41, 5.74) is 8.39. The van der Waals surface area contributed by atoms with Gasteiger partial charge in [0.25, 0.3) is 10.1 Å². The molecule has 2 aromatic carbocycles. The van der Waals surface area contributed by atoms with Crippen molar-refractivity contribution in [3.63, 3.8) is 0 Å². The quantitative estimate of drug-likeness (QED) is 0.134. The van der Waals surface area contributed by atoms with E-state index in [-0.39, 0.29) is 51.9 Å². The van der Waals surface area contributed by atoms with E-state index in [1.54, 1.807) is 0 Å². The van der Waals surface area contributed by atoms with Crippen molar-refractivity contribution in [2.24, 2.45) is 0 Å². The minimum atomic E-state index is -4.25. The zero-order valence-corrected chi connectivity index (χ0v) is 34.2. The van der Waals surface area contributed by atoms with E-state index in [0.29, 0.717) is 38.8 Å². The molecular formula is C38H47ClN2NaO6S2+. The Labute approximate surface area is 325 Å². The maximum Gasteiger partial charge on any atom is 1.00 e. The predicted octanol–water partition coefficient (Wildman–Crippen LogP) is 4.90. The summed E-state index contributed by atoms with van der Waals surface area (Å²) < 4.78 is 67.7. The third-order valence-electron chi connectivity index (χ3n) is 10.00. The Morgan fingerprint density at radius 1 is 0.860 bits per heavy atom. The molecule has 0 saturated carbocycles. The molecule has 0 fully saturated rings. The summed E-state index contributed by atoms with van der Waals surface area (Å²) in [6, 6.07) is 16.6. The first-order valence-electron chi connectivity index (χ1n) is 17.0. The van der Waals surface area contributed by atoms with Gasteiger partial charge in [0.15, 0.2) is 5.71 Å². The average Bonchev–Trinajstić information content (AvgIpc) is 3.37. The van der Waals surface area contributed by atoms with Crippen LogP contribution in [-0.4, -0.2) is 60.8 Å². The first-order valence-corrected chi connectivity index (χ1v) is 20.6. The zero-order valence-electron chi connectivity index (χ0n) is 29.8. The molecule has 50 heavy (non-hydrogen) atoms. The van der Waals surface area contributed by atoms with Crippen molar-refractivity contribution < 1.29 is 60.1 Å². The average molecular weight is 750 g/mol. The Hall–Kier alpha value is -2.02. The maximum atomic E-state index is 11.3. The predicted molar refractivity (Wildman–Crippen MR) is 198 cm³/mol. The summed E-state index contributed by atoms with van der Waals surface area (Å²) in [6.45, 7) is 10.0. The van der Waals surface area contributed by atoms with Crippen LogP contribution in [0.5, 0.6) is 0 Å². The van der Waals surface area contributed by atoms with E-state index < -0.39 is 20.2 Å². The molecule has 2 aliphatic heterocycles. The third kappa shape index (κ3) is 9.31. The van der Waals surface area contributed by atoms with Crippen LogP contribution in [0, 0.1) is 0 Å². The maximum absolute atomic E-state index is 11.3. The van der Waals surface area contributed by atoms with E-state index in [9.17, 15) is 25.9 Å². The van der Waals surface area contributed by atoms with Crippen molar-refractivity contribution >= 4 is 48.9 Å². The van der Waals surface area contributed by atoms with E-state index in [1.807, 2.05) is 24.3 Å². The second-order valence-corrected chi connectivity index (χ2v) is 17.7. The summed E-state index contributed by atoms with van der Waals surface area (Å²) in [6.07, 6.45) is 13.1. The fourth-order valence-electron chi connectivity index (χ4n) is 7.43. The SMILES string of the molecule is CC1(C)C(/C=C/C2=C(Cl)C(=C/C=C3\N(CCCCS(=O)(=O)[O-])c4ccccc4C3(C)C)/CCC2)=[N+](CCCCS(=O)(=O)O)c2ccccc21.[Na+]. The second-order valence-electron chi connectivity index (χ2n) is 14.2. The molecule has 2 heterocycles. The normalized spacial score (nSPS) is 20.2. The molecule has 3 aliphatic rings. The molecule has 0 bridgehead atoms. The van der Waals surface area contributed by atoms with E-state index >= 15 is 0 Å². The van der Waals surface area contributed by atoms with Crippen LogP contribution in [0.15, 0.2) is 94.7 Å². The first-order chi connectivity index (χ1) is 23.0. The van der Waals surface area contributed by atoms with Gasteiger partial charge in [0, 0.05) is 58.3 Å². The van der Waals surface area contributed by atoms with Gasteiger partial charge in [-0.25, -0.2) is 8.42 Å². The van der Waals surface area contributed by atoms with E-state index in [0.717, 1.165) is 58.2 Å². The fourth-order valence-corrected chi connectivity index (χ4v) is 8.88. The van der Waals surface area contributed by atoms with Gasteiger partial charge in [-0.3, -0.25) is 4.55 Å². The smallest absolute Gasteiger partial charge is 0.748 e. The van der Waals surface area contributed by atoms with Crippen LogP contribution in [0.4, 0.5) is 11.4 Å². The molecule has 0 spiro atoms. The van der Waals surface area contributed by atoms with Crippen molar-refractivity contribution in [2.75, 3.05) is 29.5 Å². The van der Waals surface area contributed by atoms with Gasteiger partial charge in [-0.15, -0.1) is 0 Å². The van der Waals surface area contributed by atoms with Crippen molar-refractivity contribution in [2.45, 2.75) is 83.5 Å². The number of nitrogens with zero attached hydrogens (tertiary/aromatic N) is 2. The Balaban J connectivity index is 0.00000562. The summed E-state index contributed by atoms with van der Waals surface area (Å²) in [4.78, 5) is 2.24. The molecule has 8 nitrogen and oxygen atoms in total. The van der Waals surface area contributed by atoms with Gasteiger partial charge in [-0.2, -0.15) is 13.0 Å². The van der Waals surface area contributed by atoms with Crippen LogP contribution < -0.4 is 34.5 Å². The zero-order chi connectivity index (χ0) is 35.6. The number of hydrogen-bond donors (Lipinski definition) is 1. The van der Waals surface area contributed by atoms with Crippen LogP contribution in [0.1, 0.15) is 83.8 Å². The summed E-state index contributed by atoms with van der Waals surface area (Å²) in [7, 11) is -8.25. The van der Waals surface area contributed by atoms with Gasteiger partial charge in [0.1, 0.15) is 6.54 Å². The number of halogens is 1. The number of para-hydroxylation sites is 2. The monoisotopic (exact) mass is 749 g/mol. The minimum absolute atomic E-state index is 0.